The summed E-state index contributed by atoms with van der Waals surface area (Å²) in [6.45, 7) is 2.25. The van der Waals surface area contributed by atoms with Crippen molar-refractivity contribution in [2.24, 2.45) is 0 Å². The molecule has 120 valence electrons. The molecule has 2 aliphatic rings. The Kier molecular flexibility index (Phi) is 4.01. The number of hydrogen-bond acceptors (Lipinski definition) is 5. The SMILES string of the molecule is Brc1cc(CNCC2COc3ccccc3O2)cc2c1OCO2. The highest BCUT2D eigenvalue weighted by atomic mass is 79.9. The van der Waals surface area contributed by atoms with E-state index in [2.05, 4.69) is 21.2 Å². The number of hydrogen-bond donors (Lipinski definition) is 1. The molecule has 0 fully saturated rings. The van der Waals surface area contributed by atoms with Gasteiger partial charge in [-0.2, -0.15) is 0 Å². The van der Waals surface area contributed by atoms with Gasteiger partial charge in [-0.25, -0.2) is 0 Å². The Morgan fingerprint density at radius 2 is 1.91 bits per heavy atom. The zero-order valence-corrected chi connectivity index (χ0v) is 14.0. The molecule has 2 aromatic carbocycles. The topological polar surface area (TPSA) is 49.0 Å². The minimum atomic E-state index is 0.00218. The maximum atomic E-state index is 5.93. The predicted molar refractivity (Wildman–Crippen MR) is 88.3 cm³/mol. The molecule has 0 amide bonds. The first-order chi connectivity index (χ1) is 11.3. The third kappa shape index (κ3) is 3.09. The molecule has 0 saturated carbocycles. The molecule has 0 aliphatic carbocycles. The van der Waals surface area contributed by atoms with Gasteiger partial charge in [0, 0.05) is 13.1 Å². The zero-order valence-electron chi connectivity index (χ0n) is 12.4. The van der Waals surface area contributed by atoms with Crippen LogP contribution < -0.4 is 24.3 Å². The molecular weight excluding hydrogens is 362 g/mol. The summed E-state index contributed by atoms with van der Waals surface area (Å²) in [5.41, 5.74) is 1.12. The number of fused-ring (bicyclic) bond motifs is 2. The molecule has 0 radical (unpaired) electrons. The Morgan fingerprint density at radius 3 is 2.83 bits per heavy atom. The lowest BCUT2D eigenvalue weighted by Crippen LogP contribution is -2.38. The van der Waals surface area contributed by atoms with Crippen LogP contribution in [-0.2, 0) is 6.54 Å². The van der Waals surface area contributed by atoms with E-state index in [0.717, 1.165) is 39.6 Å². The summed E-state index contributed by atoms with van der Waals surface area (Å²) in [7, 11) is 0. The molecule has 0 aromatic heterocycles. The molecule has 2 heterocycles. The van der Waals surface area contributed by atoms with E-state index in [1.165, 1.54) is 0 Å². The first-order valence-corrected chi connectivity index (χ1v) is 8.26. The van der Waals surface area contributed by atoms with E-state index in [4.69, 9.17) is 18.9 Å². The van der Waals surface area contributed by atoms with Gasteiger partial charge in [-0.3, -0.25) is 0 Å². The van der Waals surface area contributed by atoms with Crippen molar-refractivity contribution < 1.29 is 18.9 Å². The second-order valence-corrected chi connectivity index (χ2v) is 6.29. The third-order valence-corrected chi connectivity index (χ3v) is 4.34. The first-order valence-electron chi connectivity index (χ1n) is 7.47. The smallest absolute Gasteiger partial charge is 0.231 e. The van der Waals surface area contributed by atoms with Crippen molar-refractivity contribution >= 4 is 15.9 Å². The van der Waals surface area contributed by atoms with Crippen LogP contribution in [0.3, 0.4) is 0 Å². The minimum absolute atomic E-state index is 0.00218. The van der Waals surface area contributed by atoms with Gasteiger partial charge in [0.25, 0.3) is 0 Å². The van der Waals surface area contributed by atoms with Gasteiger partial charge in [-0.15, -0.1) is 0 Å². The normalized spacial score (nSPS) is 18.0. The lowest BCUT2D eigenvalue weighted by molar-refractivity contribution is 0.0902. The molecule has 0 bridgehead atoms. The number of rotatable bonds is 4. The molecule has 23 heavy (non-hydrogen) atoms. The van der Waals surface area contributed by atoms with Crippen LogP contribution in [0.2, 0.25) is 0 Å². The van der Waals surface area contributed by atoms with E-state index in [1.807, 2.05) is 36.4 Å². The molecule has 1 atom stereocenters. The van der Waals surface area contributed by atoms with Crippen LogP contribution in [0.4, 0.5) is 0 Å². The van der Waals surface area contributed by atoms with Crippen molar-refractivity contribution in [1.82, 2.24) is 5.32 Å². The number of nitrogens with one attached hydrogen (secondary N) is 1. The summed E-state index contributed by atoms with van der Waals surface area (Å²) < 4.78 is 23.4. The fourth-order valence-corrected chi connectivity index (χ4v) is 3.27. The lowest BCUT2D eigenvalue weighted by Gasteiger charge is -2.26. The van der Waals surface area contributed by atoms with Crippen molar-refractivity contribution in [3.63, 3.8) is 0 Å². The van der Waals surface area contributed by atoms with Crippen molar-refractivity contribution in [3.05, 3.63) is 46.4 Å². The second-order valence-electron chi connectivity index (χ2n) is 5.44. The van der Waals surface area contributed by atoms with Crippen molar-refractivity contribution in [2.75, 3.05) is 19.9 Å². The number of para-hydroxylation sites is 2. The Bertz CT molecular complexity index is 722. The van der Waals surface area contributed by atoms with Gasteiger partial charge in [0.1, 0.15) is 12.7 Å². The fraction of sp³-hybridized carbons (Fsp3) is 0.294. The molecule has 4 rings (SSSR count). The molecular formula is C17H16BrNO4. The number of ether oxygens (including phenoxy) is 4. The Hall–Kier alpha value is -1.92. The summed E-state index contributed by atoms with van der Waals surface area (Å²) in [5.74, 6) is 3.16. The summed E-state index contributed by atoms with van der Waals surface area (Å²) >= 11 is 3.51. The highest BCUT2D eigenvalue weighted by Gasteiger charge is 2.21. The molecule has 0 spiro atoms. The predicted octanol–water partition coefficient (Wildman–Crippen LogP) is 3.11. The van der Waals surface area contributed by atoms with Gasteiger partial charge < -0.3 is 24.3 Å². The zero-order chi connectivity index (χ0) is 15.6. The minimum Gasteiger partial charge on any atom is -0.486 e. The van der Waals surface area contributed by atoms with E-state index in [-0.39, 0.29) is 12.9 Å². The second kappa shape index (κ2) is 6.29. The Morgan fingerprint density at radius 1 is 1.04 bits per heavy atom. The molecule has 0 saturated heterocycles. The summed E-state index contributed by atoms with van der Waals surface area (Å²) in [6.07, 6.45) is 0.00218. The number of benzene rings is 2. The highest BCUT2D eigenvalue weighted by molar-refractivity contribution is 9.10. The van der Waals surface area contributed by atoms with Crippen LogP contribution in [0.25, 0.3) is 0 Å². The monoisotopic (exact) mass is 377 g/mol. The first kappa shape index (κ1) is 14.7. The van der Waals surface area contributed by atoms with Gasteiger partial charge in [0.15, 0.2) is 23.0 Å². The maximum Gasteiger partial charge on any atom is 0.231 e. The molecule has 6 heteroatoms. The lowest BCUT2D eigenvalue weighted by atomic mass is 10.2. The van der Waals surface area contributed by atoms with Crippen LogP contribution in [-0.4, -0.2) is 26.0 Å². The van der Waals surface area contributed by atoms with Crippen LogP contribution in [0.15, 0.2) is 40.9 Å². The van der Waals surface area contributed by atoms with E-state index < -0.39 is 0 Å². The van der Waals surface area contributed by atoms with Crippen LogP contribution in [0.5, 0.6) is 23.0 Å². The van der Waals surface area contributed by atoms with Gasteiger partial charge in [-0.05, 0) is 45.8 Å². The largest absolute Gasteiger partial charge is 0.486 e. The molecule has 1 N–H and O–H groups in total. The maximum absolute atomic E-state index is 5.93. The van der Waals surface area contributed by atoms with Gasteiger partial charge in [0.05, 0.1) is 4.47 Å². The standard InChI is InChI=1S/C17H16BrNO4/c18-13-5-11(6-16-17(13)22-10-21-16)7-19-8-12-9-20-14-3-1-2-4-15(14)23-12/h1-6,12,19H,7-10H2. The van der Waals surface area contributed by atoms with Crippen molar-refractivity contribution in [3.8, 4) is 23.0 Å². The number of halogens is 1. The van der Waals surface area contributed by atoms with Gasteiger partial charge >= 0.3 is 0 Å². The Balaban J connectivity index is 1.34. The van der Waals surface area contributed by atoms with Gasteiger partial charge in [-0.1, -0.05) is 12.1 Å². The molecule has 1 unspecified atom stereocenters. The molecule has 2 aliphatic heterocycles. The summed E-state index contributed by atoms with van der Waals surface area (Å²) in [4.78, 5) is 0. The summed E-state index contributed by atoms with van der Waals surface area (Å²) in [6, 6.07) is 11.8. The quantitative estimate of drug-likeness (QED) is 0.886. The third-order valence-electron chi connectivity index (χ3n) is 3.76. The van der Waals surface area contributed by atoms with Crippen molar-refractivity contribution in [2.45, 2.75) is 12.6 Å². The van der Waals surface area contributed by atoms with E-state index >= 15 is 0 Å². The van der Waals surface area contributed by atoms with E-state index in [0.29, 0.717) is 13.2 Å². The van der Waals surface area contributed by atoms with E-state index in [1.54, 1.807) is 0 Å². The average molecular weight is 378 g/mol. The fourth-order valence-electron chi connectivity index (χ4n) is 2.66. The van der Waals surface area contributed by atoms with Crippen molar-refractivity contribution in [1.29, 1.82) is 0 Å². The molecule has 2 aromatic rings. The van der Waals surface area contributed by atoms with Gasteiger partial charge in [0.2, 0.25) is 6.79 Å². The molecule has 5 nitrogen and oxygen atoms in total. The summed E-state index contributed by atoms with van der Waals surface area (Å²) in [5, 5.41) is 3.40. The van der Waals surface area contributed by atoms with E-state index in [9.17, 15) is 0 Å². The van der Waals surface area contributed by atoms with Crippen LogP contribution in [0, 0.1) is 0 Å². The average Bonchev–Trinajstić information content (AvgIpc) is 3.04. The highest BCUT2D eigenvalue weighted by Crippen LogP contribution is 2.40. The van der Waals surface area contributed by atoms with Crippen LogP contribution in [0.1, 0.15) is 5.56 Å². The van der Waals surface area contributed by atoms with Crippen LogP contribution >= 0.6 is 15.9 Å². The Labute approximate surface area is 142 Å².